The van der Waals surface area contributed by atoms with Gasteiger partial charge in [0.1, 0.15) is 10.6 Å². The molecule has 1 aliphatic carbocycles. The van der Waals surface area contributed by atoms with Gasteiger partial charge in [-0.15, -0.1) is 11.3 Å². The van der Waals surface area contributed by atoms with E-state index in [-0.39, 0.29) is 0 Å². The van der Waals surface area contributed by atoms with Crippen LogP contribution in [-0.4, -0.2) is 16.0 Å². The third kappa shape index (κ3) is 3.13. The second kappa shape index (κ2) is 6.46. The van der Waals surface area contributed by atoms with E-state index >= 15 is 0 Å². The minimum atomic E-state index is 0.510. The molecular formula is C16H20N4OS. The van der Waals surface area contributed by atoms with Gasteiger partial charge in [0, 0.05) is 17.5 Å². The van der Waals surface area contributed by atoms with Gasteiger partial charge in [-0.25, -0.2) is 9.97 Å². The van der Waals surface area contributed by atoms with Crippen LogP contribution in [0.5, 0.6) is 0 Å². The summed E-state index contributed by atoms with van der Waals surface area (Å²) in [5.41, 5.74) is 6.04. The zero-order valence-electron chi connectivity index (χ0n) is 12.8. The summed E-state index contributed by atoms with van der Waals surface area (Å²) < 4.78 is 5.33. The molecule has 0 bridgehead atoms. The van der Waals surface area contributed by atoms with Gasteiger partial charge in [-0.05, 0) is 31.0 Å². The van der Waals surface area contributed by atoms with Crippen molar-refractivity contribution in [2.75, 3.05) is 5.73 Å². The van der Waals surface area contributed by atoms with E-state index < -0.39 is 0 Å². The molecule has 3 aromatic heterocycles. The first kappa shape index (κ1) is 15.0. The van der Waals surface area contributed by atoms with E-state index in [1.807, 2.05) is 26.0 Å². The van der Waals surface area contributed by atoms with Gasteiger partial charge < -0.3 is 15.5 Å². The van der Waals surface area contributed by atoms with Gasteiger partial charge in [0.2, 0.25) is 0 Å². The smallest absolute Gasteiger partial charge is 0.199 e. The van der Waals surface area contributed by atoms with Crippen molar-refractivity contribution in [3.05, 3.63) is 29.3 Å². The van der Waals surface area contributed by atoms with E-state index in [0.717, 1.165) is 16.8 Å². The molecule has 5 nitrogen and oxygen atoms in total. The van der Waals surface area contributed by atoms with Crippen molar-refractivity contribution in [3.63, 3.8) is 0 Å². The molecule has 0 spiro atoms. The van der Waals surface area contributed by atoms with Gasteiger partial charge in [0.15, 0.2) is 11.6 Å². The number of nitrogen functional groups attached to an aromatic ring is 1. The predicted octanol–water partition coefficient (Wildman–Crippen LogP) is 3.81. The third-order valence-corrected chi connectivity index (χ3v) is 4.39. The Labute approximate surface area is 133 Å². The number of fused-ring (bicyclic) bond motifs is 1. The maximum absolute atomic E-state index is 6.04. The van der Waals surface area contributed by atoms with E-state index in [1.165, 1.54) is 17.7 Å². The van der Waals surface area contributed by atoms with Gasteiger partial charge in [0.05, 0.1) is 11.6 Å². The largest absolute Gasteiger partial charge is 0.461 e. The number of hydrogen-bond acceptors (Lipinski definition) is 6. The molecule has 116 valence electrons. The quantitative estimate of drug-likeness (QED) is 0.765. The minimum absolute atomic E-state index is 0.510. The molecule has 22 heavy (non-hydrogen) atoms. The van der Waals surface area contributed by atoms with Crippen molar-refractivity contribution in [1.82, 2.24) is 15.3 Å². The molecule has 0 aliphatic heterocycles. The first-order valence-corrected chi connectivity index (χ1v) is 8.44. The summed E-state index contributed by atoms with van der Waals surface area (Å²) in [5, 5.41) is 4.43. The Balaban J connectivity index is 0.000000693. The van der Waals surface area contributed by atoms with Crippen LogP contribution in [0.1, 0.15) is 31.6 Å². The van der Waals surface area contributed by atoms with Crippen LogP contribution in [-0.2, 0) is 6.54 Å². The highest BCUT2D eigenvalue weighted by molar-refractivity contribution is 7.18. The Bertz CT molecular complexity index is 747. The molecule has 3 N–H and O–H groups in total. The molecule has 1 aliphatic rings. The Kier molecular flexibility index (Phi) is 4.40. The van der Waals surface area contributed by atoms with E-state index in [1.54, 1.807) is 17.6 Å². The molecule has 3 heterocycles. The van der Waals surface area contributed by atoms with Crippen LogP contribution >= 0.6 is 11.3 Å². The molecule has 0 unspecified atom stereocenters. The fraction of sp³-hybridized carbons (Fsp3) is 0.375. The van der Waals surface area contributed by atoms with Gasteiger partial charge in [-0.1, -0.05) is 13.8 Å². The van der Waals surface area contributed by atoms with Crippen molar-refractivity contribution < 1.29 is 4.42 Å². The number of thiophene rings is 1. The van der Waals surface area contributed by atoms with E-state index in [4.69, 9.17) is 10.2 Å². The third-order valence-electron chi connectivity index (χ3n) is 3.36. The molecule has 0 radical (unpaired) electrons. The van der Waals surface area contributed by atoms with Gasteiger partial charge in [-0.3, -0.25) is 0 Å². The zero-order valence-corrected chi connectivity index (χ0v) is 13.6. The van der Waals surface area contributed by atoms with Crippen molar-refractivity contribution in [3.8, 4) is 11.6 Å². The van der Waals surface area contributed by atoms with Crippen LogP contribution in [0.3, 0.4) is 0 Å². The van der Waals surface area contributed by atoms with Crippen molar-refractivity contribution in [2.24, 2.45) is 0 Å². The molecule has 0 atom stereocenters. The van der Waals surface area contributed by atoms with Crippen molar-refractivity contribution in [1.29, 1.82) is 0 Å². The van der Waals surface area contributed by atoms with Crippen molar-refractivity contribution in [2.45, 2.75) is 39.3 Å². The molecule has 6 heteroatoms. The second-order valence-corrected chi connectivity index (χ2v) is 6.11. The lowest BCUT2D eigenvalue weighted by atomic mass is 10.3. The standard InChI is InChI=1S/C14H14N4OS.C2H6/c15-12-10-6-9(7-16-8-3-4-8)20-14(10)18-13(17-12)11-2-1-5-19-11;1-2/h1-2,5-6,8,16H,3-4,7H2,(H2,15,17,18);1-2H3. The Morgan fingerprint density at radius 1 is 1.36 bits per heavy atom. The van der Waals surface area contributed by atoms with Crippen LogP contribution in [0, 0.1) is 0 Å². The highest BCUT2D eigenvalue weighted by atomic mass is 32.1. The summed E-state index contributed by atoms with van der Waals surface area (Å²) in [6, 6.07) is 6.43. The zero-order chi connectivity index (χ0) is 15.5. The Morgan fingerprint density at radius 2 is 2.18 bits per heavy atom. The molecule has 1 saturated carbocycles. The predicted molar refractivity (Wildman–Crippen MR) is 90.7 cm³/mol. The monoisotopic (exact) mass is 316 g/mol. The van der Waals surface area contributed by atoms with Gasteiger partial charge >= 0.3 is 0 Å². The van der Waals surface area contributed by atoms with Crippen LogP contribution in [0.15, 0.2) is 28.9 Å². The average molecular weight is 316 g/mol. The fourth-order valence-electron chi connectivity index (χ4n) is 2.13. The number of furan rings is 1. The number of nitrogens with one attached hydrogen (secondary N) is 1. The van der Waals surface area contributed by atoms with Crippen LogP contribution in [0.25, 0.3) is 21.8 Å². The minimum Gasteiger partial charge on any atom is -0.461 e. The van der Waals surface area contributed by atoms with E-state index in [2.05, 4.69) is 21.4 Å². The lowest BCUT2D eigenvalue weighted by molar-refractivity contribution is 0.578. The summed E-state index contributed by atoms with van der Waals surface area (Å²) in [6.45, 7) is 4.88. The summed E-state index contributed by atoms with van der Waals surface area (Å²) in [7, 11) is 0. The first-order valence-electron chi connectivity index (χ1n) is 7.63. The number of nitrogens with zero attached hydrogens (tertiary/aromatic N) is 2. The highest BCUT2D eigenvalue weighted by Gasteiger charge is 2.20. The van der Waals surface area contributed by atoms with E-state index in [0.29, 0.717) is 23.4 Å². The lowest BCUT2D eigenvalue weighted by Crippen LogP contribution is -2.14. The average Bonchev–Trinajstić information content (AvgIpc) is 3.04. The maximum atomic E-state index is 6.04. The number of rotatable bonds is 4. The number of nitrogens with two attached hydrogens (primary N) is 1. The van der Waals surface area contributed by atoms with Gasteiger partial charge in [0.25, 0.3) is 0 Å². The lowest BCUT2D eigenvalue weighted by Gasteiger charge is -1.98. The first-order chi connectivity index (χ1) is 10.8. The van der Waals surface area contributed by atoms with Crippen LogP contribution < -0.4 is 11.1 Å². The summed E-state index contributed by atoms with van der Waals surface area (Å²) in [5.74, 6) is 1.70. The van der Waals surface area contributed by atoms with Crippen LogP contribution in [0.2, 0.25) is 0 Å². The van der Waals surface area contributed by atoms with Crippen molar-refractivity contribution >= 4 is 27.4 Å². The molecule has 0 saturated heterocycles. The normalized spacial score (nSPS) is 13.9. The topological polar surface area (TPSA) is 77.0 Å². The highest BCUT2D eigenvalue weighted by Crippen LogP contribution is 2.30. The molecule has 1 fully saturated rings. The SMILES string of the molecule is CC.Nc1nc(-c2ccco2)nc2sc(CNC3CC3)cc12. The summed E-state index contributed by atoms with van der Waals surface area (Å²) >= 11 is 1.66. The second-order valence-electron chi connectivity index (χ2n) is 5.00. The Morgan fingerprint density at radius 3 is 2.86 bits per heavy atom. The number of anilines is 1. The molecule has 0 aromatic carbocycles. The fourth-order valence-corrected chi connectivity index (χ4v) is 3.12. The molecule has 3 aromatic rings. The molecular weight excluding hydrogens is 296 g/mol. The number of aromatic nitrogens is 2. The van der Waals surface area contributed by atoms with Crippen LogP contribution in [0.4, 0.5) is 5.82 Å². The summed E-state index contributed by atoms with van der Waals surface area (Å²) in [6.07, 6.45) is 4.18. The maximum Gasteiger partial charge on any atom is 0.199 e. The van der Waals surface area contributed by atoms with Gasteiger partial charge in [-0.2, -0.15) is 0 Å². The molecule has 4 rings (SSSR count). The molecule has 0 amide bonds. The Hall–Kier alpha value is -1.92. The van der Waals surface area contributed by atoms with E-state index in [9.17, 15) is 0 Å². The summed E-state index contributed by atoms with van der Waals surface area (Å²) in [4.78, 5) is 11.0. The number of hydrogen-bond donors (Lipinski definition) is 2.